The van der Waals surface area contributed by atoms with Gasteiger partial charge in [0.2, 0.25) is 5.82 Å². The van der Waals surface area contributed by atoms with Crippen molar-refractivity contribution in [2.75, 3.05) is 38.2 Å². The van der Waals surface area contributed by atoms with E-state index in [-0.39, 0.29) is 17.5 Å². The van der Waals surface area contributed by atoms with Crippen molar-refractivity contribution in [1.29, 1.82) is 0 Å². The van der Waals surface area contributed by atoms with Crippen LogP contribution in [0.1, 0.15) is 11.6 Å². The minimum absolute atomic E-state index is 0.0284. The number of nitrogens with zero attached hydrogens (tertiary/aromatic N) is 3. The molecule has 1 aliphatic heterocycles. The van der Waals surface area contributed by atoms with Crippen molar-refractivity contribution in [3.63, 3.8) is 0 Å². The average molecular weight is 363 g/mol. The number of nitrogens with one attached hydrogen (secondary N) is 1. The van der Waals surface area contributed by atoms with Gasteiger partial charge in [0.05, 0.1) is 24.2 Å². The molecule has 1 N–H and O–H groups in total. The van der Waals surface area contributed by atoms with Gasteiger partial charge in [-0.25, -0.2) is 4.98 Å². The Morgan fingerprint density at radius 2 is 2.00 bits per heavy atom. The first-order valence-corrected chi connectivity index (χ1v) is 8.43. The number of halogens is 1. The minimum Gasteiger partial charge on any atom is -0.379 e. The van der Waals surface area contributed by atoms with Gasteiger partial charge in [0.1, 0.15) is 0 Å². The molecule has 3 rings (SSSR count). The summed E-state index contributed by atoms with van der Waals surface area (Å²) < 4.78 is 5.43. The molecule has 2 heterocycles. The van der Waals surface area contributed by atoms with Gasteiger partial charge in [-0.1, -0.05) is 23.7 Å². The maximum absolute atomic E-state index is 11.2. The topological polar surface area (TPSA) is 80.5 Å². The molecule has 1 atom stereocenters. The van der Waals surface area contributed by atoms with E-state index in [4.69, 9.17) is 16.3 Å². The fraction of sp³-hybridized carbons (Fsp3) is 0.353. The molecule has 0 saturated carbocycles. The molecule has 1 aromatic heterocycles. The Labute approximate surface area is 150 Å². The predicted molar refractivity (Wildman–Crippen MR) is 96.0 cm³/mol. The van der Waals surface area contributed by atoms with E-state index >= 15 is 0 Å². The molecule has 8 heteroatoms. The van der Waals surface area contributed by atoms with Gasteiger partial charge in [-0.05, 0) is 23.8 Å². The standard InChI is InChI=1S/C17H19ClN4O3/c18-14-5-3-13(4-6-14)16(21-8-10-25-11-9-21)12-20-17-15(22(23)24)2-1-7-19-17/h1-7,16H,8-12H2,(H,19,20). The van der Waals surface area contributed by atoms with Crippen LogP contribution in [0.15, 0.2) is 42.6 Å². The van der Waals surface area contributed by atoms with Crippen molar-refractivity contribution in [2.24, 2.45) is 0 Å². The van der Waals surface area contributed by atoms with Gasteiger partial charge < -0.3 is 10.1 Å². The quantitative estimate of drug-likeness (QED) is 0.628. The third-order valence-electron chi connectivity index (χ3n) is 4.19. The molecule has 0 amide bonds. The van der Waals surface area contributed by atoms with E-state index in [0.717, 1.165) is 18.7 Å². The number of hydrogen-bond donors (Lipinski definition) is 1. The first kappa shape index (κ1) is 17.6. The fourth-order valence-corrected chi connectivity index (χ4v) is 3.03. The molecule has 7 nitrogen and oxygen atoms in total. The summed E-state index contributed by atoms with van der Waals surface area (Å²) in [6.07, 6.45) is 1.54. The van der Waals surface area contributed by atoms with E-state index in [1.807, 2.05) is 24.3 Å². The van der Waals surface area contributed by atoms with E-state index in [1.165, 1.54) is 6.07 Å². The predicted octanol–water partition coefficient (Wildman–Crippen LogP) is 3.13. The second-order valence-electron chi connectivity index (χ2n) is 5.72. The molecule has 0 spiro atoms. The fourth-order valence-electron chi connectivity index (χ4n) is 2.91. The van der Waals surface area contributed by atoms with Crippen LogP contribution in [0, 0.1) is 10.1 Å². The molecule has 25 heavy (non-hydrogen) atoms. The number of nitro groups is 1. The summed E-state index contributed by atoms with van der Waals surface area (Å²) in [6.45, 7) is 3.46. The second-order valence-corrected chi connectivity index (χ2v) is 6.16. The molecular weight excluding hydrogens is 344 g/mol. The highest BCUT2D eigenvalue weighted by Gasteiger charge is 2.24. The number of aromatic nitrogens is 1. The van der Waals surface area contributed by atoms with Gasteiger partial charge in [0.25, 0.3) is 0 Å². The van der Waals surface area contributed by atoms with Crippen molar-refractivity contribution in [3.05, 3.63) is 63.3 Å². The second kappa shape index (κ2) is 8.24. The Morgan fingerprint density at radius 3 is 2.68 bits per heavy atom. The Balaban J connectivity index is 1.80. The molecule has 1 aliphatic rings. The molecular formula is C17H19ClN4O3. The zero-order chi connectivity index (χ0) is 17.6. The summed E-state index contributed by atoms with van der Waals surface area (Å²) >= 11 is 6.00. The Morgan fingerprint density at radius 1 is 1.28 bits per heavy atom. The first-order chi connectivity index (χ1) is 12.1. The highest BCUT2D eigenvalue weighted by Crippen LogP contribution is 2.26. The normalized spacial score (nSPS) is 16.4. The number of anilines is 1. The Kier molecular flexibility index (Phi) is 5.80. The average Bonchev–Trinajstić information content (AvgIpc) is 2.64. The van der Waals surface area contributed by atoms with Crippen LogP contribution >= 0.6 is 11.6 Å². The molecule has 0 bridgehead atoms. The lowest BCUT2D eigenvalue weighted by Crippen LogP contribution is -2.41. The summed E-state index contributed by atoms with van der Waals surface area (Å²) in [5, 5.41) is 15.0. The highest BCUT2D eigenvalue weighted by molar-refractivity contribution is 6.30. The van der Waals surface area contributed by atoms with Crippen LogP contribution in [0.4, 0.5) is 11.5 Å². The van der Waals surface area contributed by atoms with Crippen molar-refractivity contribution in [1.82, 2.24) is 9.88 Å². The number of benzene rings is 1. The first-order valence-electron chi connectivity index (χ1n) is 8.05. The van der Waals surface area contributed by atoms with Gasteiger partial charge in [-0.2, -0.15) is 0 Å². The van der Waals surface area contributed by atoms with Gasteiger partial charge in [0, 0.05) is 36.9 Å². The van der Waals surface area contributed by atoms with E-state index in [1.54, 1.807) is 12.3 Å². The maximum atomic E-state index is 11.2. The van der Waals surface area contributed by atoms with Gasteiger partial charge >= 0.3 is 5.69 Å². The van der Waals surface area contributed by atoms with Crippen LogP contribution in [0.25, 0.3) is 0 Å². The molecule has 1 unspecified atom stereocenters. The van der Waals surface area contributed by atoms with Crippen molar-refractivity contribution in [3.8, 4) is 0 Å². The summed E-state index contributed by atoms with van der Waals surface area (Å²) in [4.78, 5) is 17.1. The number of hydrogen-bond acceptors (Lipinski definition) is 6. The van der Waals surface area contributed by atoms with Crippen LogP contribution in [0.5, 0.6) is 0 Å². The minimum atomic E-state index is -0.429. The van der Waals surface area contributed by atoms with E-state index in [2.05, 4.69) is 15.2 Å². The molecule has 1 saturated heterocycles. The number of morpholine rings is 1. The molecule has 1 aromatic carbocycles. The van der Waals surface area contributed by atoms with Gasteiger partial charge in [0.15, 0.2) is 0 Å². The molecule has 132 valence electrons. The number of pyridine rings is 1. The SMILES string of the molecule is O=[N+]([O-])c1cccnc1NCC(c1ccc(Cl)cc1)N1CCOCC1. The molecule has 1 fully saturated rings. The van der Waals surface area contributed by atoms with Crippen LogP contribution in [-0.4, -0.2) is 47.7 Å². The summed E-state index contributed by atoms with van der Waals surface area (Å²) in [7, 11) is 0. The summed E-state index contributed by atoms with van der Waals surface area (Å²) in [5.74, 6) is 0.278. The maximum Gasteiger partial charge on any atom is 0.311 e. The highest BCUT2D eigenvalue weighted by atomic mass is 35.5. The summed E-state index contributed by atoms with van der Waals surface area (Å²) in [5.41, 5.74) is 1.07. The number of ether oxygens (including phenoxy) is 1. The molecule has 2 aromatic rings. The zero-order valence-electron chi connectivity index (χ0n) is 13.6. The summed E-state index contributed by atoms with van der Waals surface area (Å²) in [6, 6.07) is 10.7. The smallest absolute Gasteiger partial charge is 0.311 e. The Bertz CT molecular complexity index is 720. The lowest BCUT2D eigenvalue weighted by molar-refractivity contribution is -0.384. The zero-order valence-corrected chi connectivity index (χ0v) is 14.4. The van der Waals surface area contributed by atoms with E-state index < -0.39 is 4.92 Å². The lowest BCUT2D eigenvalue weighted by Gasteiger charge is -2.35. The monoisotopic (exact) mass is 362 g/mol. The van der Waals surface area contributed by atoms with Crippen LogP contribution in [0.2, 0.25) is 5.02 Å². The van der Waals surface area contributed by atoms with Crippen molar-refractivity contribution in [2.45, 2.75) is 6.04 Å². The number of rotatable bonds is 6. The van der Waals surface area contributed by atoms with Crippen LogP contribution in [0.3, 0.4) is 0 Å². The third-order valence-corrected chi connectivity index (χ3v) is 4.44. The van der Waals surface area contributed by atoms with Crippen molar-refractivity contribution < 1.29 is 9.66 Å². The lowest BCUT2D eigenvalue weighted by atomic mass is 10.0. The molecule has 0 aliphatic carbocycles. The van der Waals surface area contributed by atoms with Crippen LogP contribution < -0.4 is 5.32 Å². The van der Waals surface area contributed by atoms with E-state index in [0.29, 0.717) is 24.8 Å². The van der Waals surface area contributed by atoms with Crippen LogP contribution in [-0.2, 0) is 4.74 Å². The largest absolute Gasteiger partial charge is 0.379 e. The van der Waals surface area contributed by atoms with Crippen molar-refractivity contribution >= 4 is 23.1 Å². The van der Waals surface area contributed by atoms with Gasteiger partial charge in [-0.15, -0.1) is 0 Å². The molecule has 0 radical (unpaired) electrons. The Hall–Kier alpha value is -2.22. The van der Waals surface area contributed by atoms with E-state index in [9.17, 15) is 10.1 Å². The third kappa shape index (κ3) is 4.45. The van der Waals surface area contributed by atoms with Gasteiger partial charge in [-0.3, -0.25) is 15.0 Å².